The summed E-state index contributed by atoms with van der Waals surface area (Å²) in [5, 5.41) is 8.30. The lowest BCUT2D eigenvalue weighted by molar-refractivity contribution is -0.144. The van der Waals surface area contributed by atoms with Crippen molar-refractivity contribution in [3.05, 3.63) is 24.0 Å². The Morgan fingerprint density at radius 1 is 1.07 bits per heavy atom. The number of ether oxygens (including phenoxy) is 2. The summed E-state index contributed by atoms with van der Waals surface area (Å²) in [6.45, 7) is 5.71. The van der Waals surface area contributed by atoms with E-state index in [-0.39, 0.29) is 47.2 Å². The molecule has 0 spiro atoms. The number of hydrogen-bond acceptors (Lipinski definition) is 7. The van der Waals surface area contributed by atoms with Crippen molar-refractivity contribution in [1.82, 2.24) is 15.5 Å². The molecule has 5 aliphatic rings. The number of fused-ring (bicyclic) bond motifs is 2. The fourth-order valence-electron chi connectivity index (χ4n) is 7.38. The number of nitrogens with one attached hydrogen (secondary N) is 3. The van der Waals surface area contributed by atoms with E-state index in [0.29, 0.717) is 44.2 Å². The molecule has 45 heavy (non-hydrogen) atoms. The van der Waals surface area contributed by atoms with E-state index < -0.39 is 47.8 Å². The second-order valence-corrected chi connectivity index (χ2v) is 13.9. The molecule has 5 N–H and O–H groups in total. The normalized spacial score (nSPS) is 28.1. The zero-order valence-electron chi connectivity index (χ0n) is 25.7. The highest BCUT2D eigenvalue weighted by molar-refractivity contribution is 5.99. The van der Waals surface area contributed by atoms with Crippen molar-refractivity contribution >= 4 is 35.2 Å². The van der Waals surface area contributed by atoms with Crippen LogP contribution in [0.25, 0.3) is 0 Å². The highest BCUT2D eigenvalue weighted by Gasteiger charge is 2.69. The Hall–Kier alpha value is -3.74. The predicted molar refractivity (Wildman–Crippen MR) is 159 cm³/mol. The smallest absolute Gasteiger partial charge is 0.265 e. The zero-order chi connectivity index (χ0) is 32.0. The van der Waals surface area contributed by atoms with Gasteiger partial charge in [-0.25, -0.2) is 4.39 Å². The highest BCUT2D eigenvalue weighted by atomic mass is 19.1. The van der Waals surface area contributed by atoms with Gasteiger partial charge in [-0.3, -0.25) is 24.0 Å². The van der Waals surface area contributed by atoms with Crippen LogP contribution < -0.4 is 26.4 Å². The summed E-state index contributed by atoms with van der Waals surface area (Å²) in [4.78, 5) is 67.8. The maximum absolute atomic E-state index is 14.1. The first-order chi connectivity index (χ1) is 21.4. The minimum atomic E-state index is -1.29. The van der Waals surface area contributed by atoms with E-state index in [1.54, 1.807) is 4.90 Å². The van der Waals surface area contributed by atoms with E-state index >= 15 is 0 Å². The molecule has 0 unspecified atom stereocenters. The van der Waals surface area contributed by atoms with Gasteiger partial charge in [0.2, 0.25) is 23.6 Å². The first kappa shape index (κ1) is 31.3. The van der Waals surface area contributed by atoms with E-state index in [9.17, 15) is 28.4 Å². The Labute approximate surface area is 261 Å². The molecule has 5 amide bonds. The lowest BCUT2D eigenvalue weighted by atomic mass is 9.95. The third-order valence-electron chi connectivity index (χ3n) is 10.3. The van der Waals surface area contributed by atoms with Crippen molar-refractivity contribution in [2.75, 3.05) is 25.1 Å². The molecule has 0 aromatic heterocycles. The van der Waals surface area contributed by atoms with Crippen LogP contribution in [0.4, 0.5) is 10.1 Å². The lowest BCUT2D eigenvalue weighted by Crippen LogP contribution is -2.59. The molecule has 3 aliphatic heterocycles. The third kappa shape index (κ3) is 6.63. The zero-order valence-corrected chi connectivity index (χ0v) is 25.7. The maximum atomic E-state index is 14.1. The molecule has 3 heterocycles. The maximum Gasteiger partial charge on any atom is 0.265 e. The number of primary amides is 1. The van der Waals surface area contributed by atoms with Crippen molar-refractivity contribution in [3.63, 3.8) is 0 Å². The highest BCUT2D eigenvalue weighted by Crippen LogP contribution is 2.65. The molecule has 2 saturated heterocycles. The fraction of sp³-hybridized carbons (Fsp3) is 0.656. The molecular formula is C32H42FN5O7. The number of likely N-dealkylation sites (tertiary alicyclic amines) is 1. The molecule has 6 rings (SSSR count). The average molecular weight is 628 g/mol. The van der Waals surface area contributed by atoms with Crippen LogP contribution in [0.15, 0.2) is 18.2 Å². The second-order valence-electron chi connectivity index (χ2n) is 13.9. The molecule has 2 aliphatic carbocycles. The summed E-state index contributed by atoms with van der Waals surface area (Å²) in [6, 6.07) is 0.774. The number of piperidine rings is 1. The van der Waals surface area contributed by atoms with Gasteiger partial charge in [-0.1, -0.05) is 26.7 Å². The van der Waals surface area contributed by atoms with Crippen molar-refractivity contribution in [1.29, 1.82) is 0 Å². The van der Waals surface area contributed by atoms with Gasteiger partial charge < -0.3 is 36.1 Å². The minimum Gasteiger partial charge on any atom is -0.478 e. The van der Waals surface area contributed by atoms with Crippen LogP contribution in [-0.2, 0) is 28.7 Å². The molecule has 1 aromatic rings. The summed E-state index contributed by atoms with van der Waals surface area (Å²) in [7, 11) is 0. The van der Waals surface area contributed by atoms with Gasteiger partial charge in [0.05, 0.1) is 5.69 Å². The first-order valence-electron chi connectivity index (χ1n) is 16.0. The van der Waals surface area contributed by atoms with Crippen LogP contribution in [-0.4, -0.2) is 78.4 Å². The van der Waals surface area contributed by atoms with Crippen LogP contribution in [0, 0.1) is 34.9 Å². The predicted octanol–water partition coefficient (Wildman–Crippen LogP) is 1.47. The Kier molecular flexibility index (Phi) is 8.49. The van der Waals surface area contributed by atoms with E-state index in [1.807, 2.05) is 13.8 Å². The van der Waals surface area contributed by atoms with Crippen LogP contribution in [0.2, 0.25) is 0 Å². The van der Waals surface area contributed by atoms with Crippen molar-refractivity contribution < 1.29 is 37.8 Å². The van der Waals surface area contributed by atoms with Gasteiger partial charge in [0.25, 0.3) is 5.91 Å². The number of rotatable bonds is 11. The molecule has 0 radical (unpaired) electrons. The Bertz CT molecular complexity index is 1380. The first-order valence-corrected chi connectivity index (χ1v) is 16.0. The summed E-state index contributed by atoms with van der Waals surface area (Å²) in [6.07, 6.45) is 2.95. The number of carbonyl (C=O) groups is 5. The number of halogens is 1. The molecule has 0 bridgehead atoms. The molecular weight excluding hydrogens is 585 g/mol. The van der Waals surface area contributed by atoms with Crippen molar-refractivity contribution in [2.24, 2.45) is 34.8 Å². The van der Waals surface area contributed by atoms with Crippen molar-refractivity contribution in [2.45, 2.75) is 83.0 Å². The van der Waals surface area contributed by atoms with Gasteiger partial charge in [-0.2, -0.15) is 0 Å². The van der Waals surface area contributed by atoms with Crippen LogP contribution in [0.1, 0.15) is 58.8 Å². The van der Waals surface area contributed by atoms with Gasteiger partial charge in [0.15, 0.2) is 6.10 Å². The largest absolute Gasteiger partial charge is 0.478 e. The fourth-order valence-corrected chi connectivity index (χ4v) is 7.38. The molecule has 4 fully saturated rings. The van der Waals surface area contributed by atoms with Crippen LogP contribution in [0.3, 0.4) is 0 Å². The topological polar surface area (TPSA) is 169 Å². The average Bonchev–Trinajstić information content (AvgIpc) is 3.84. The van der Waals surface area contributed by atoms with Crippen LogP contribution >= 0.6 is 0 Å². The Morgan fingerprint density at radius 2 is 1.80 bits per heavy atom. The molecule has 1 aromatic carbocycles. The molecule has 244 valence electrons. The summed E-state index contributed by atoms with van der Waals surface area (Å²) < 4.78 is 24.9. The Morgan fingerprint density at radius 3 is 2.49 bits per heavy atom. The van der Waals surface area contributed by atoms with Gasteiger partial charge in [-0.05, 0) is 60.5 Å². The second kappa shape index (κ2) is 12.2. The SMILES string of the molecule is CC1(C)[C@@H]2[C@@H](C(=O)N[C@@H](C[C@@H]3Oc4cc(F)ccc4NC3=O)C(N)=O)N(C(=O)[C@H](CC3CC3)NC(=O)CC3CCOCC3)C[C@@H]21. The third-order valence-corrected chi connectivity index (χ3v) is 10.3. The summed E-state index contributed by atoms with van der Waals surface area (Å²) in [5.41, 5.74) is 5.76. The van der Waals surface area contributed by atoms with Gasteiger partial charge in [0.1, 0.15) is 29.7 Å². The van der Waals surface area contributed by atoms with E-state index in [0.717, 1.165) is 31.7 Å². The van der Waals surface area contributed by atoms with Crippen LogP contribution in [0.5, 0.6) is 5.75 Å². The van der Waals surface area contributed by atoms with E-state index in [2.05, 4.69) is 16.0 Å². The number of hydrogen-bond donors (Lipinski definition) is 4. The molecule has 6 atom stereocenters. The number of amides is 5. The number of anilines is 1. The molecule has 12 nitrogen and oxygen atoms in total. The summed E-state index contributed by atoms with van der Waals surface area (Å²) >= 11 is 0. The number of nitrogens with zero attached hydrogens (tertiary/aromatic N) is 1. The van der Waals surface area contributed by atoms with E-state index in [1.165, 1.54) is 12.1 Å². The summed E-state index contributed by atoms with van der Waals surface area (Å²) in [5.74, 6) is -2.41. The van der Waals surface area contributed by atoms with Gasteiger partial charge in [-0.15, -0.1) is 0 Å². The monoisotopic (exact) mass is 627 g/mol. The molecule has 13 heteroatoms. The Balaban J connectivity index is 1.15. The lowest BCUT2D eigenvalue weighted by Gasteiger charge is -2.34. The van der Waals surface area contributed by atoms with Gasteiger partial charge in [0, 0.05) is 38.7 Å². The number of carbonyl (C=O) groups excluding carboxylic acids is 5. The standard InChI is InChI=1S/C32H42FN5O7/c1-32(2)19-15-38(31(43)22(11-16-3-4-16)35-25(39)12-17-7-9-44-10-8-17)27(26(19)32)30(42)37-21(28(34)40)14-24-29(41)36-20-6-5-18(33)13-23(20)45-24/h5-6,13,16-17,19,21-22,24,26-27H,3-4,7-12,14-15H2,1-2H3,(H2,34,40)(H,35,39)(H,36,41)(H,37,42)/t19-,21-,22-,24-,26-,27-/m0/s1. The minimum absolute atomic E-state index is 0.0857. The molecule has 2 saturated carbocycles. The quantitative estimate of drug-likeness (QED) is 0.288. The van der Waals surface area contributed by atoms with Gasteiger partial charge >= 0.3 is 0 Å². The van der Waals surface area contributed by atoms with Crippen molar-refractivity contribution in [3.8, 4) is 5.75 Å². The van der Waals surface area contributed by atoms with E-state index in [4.69, 9.17) is 15.2 Å². The number of nitrogens with two attached hydrogens (primary N) is 1. The number of benzene rings is 1.